The molecule has 1 fully saturated rings. The van der Waals surface area contributed by atoms with Gasteiger partial charge in [-0.25, -0.2) is 0 Å². The number of hydrogen-bond acceptors (Lipinski definition) is 2. The highest BCUT2D eigenvalue weighted by molar-refractivity contribution is 5.82. The van der Waals surface area contributed by atoms with Crippen molar-refractivity contribution >= 4 is 5.97 Å². The summed E-state index contributed by atoms with van der Waals surface area (Å²) in [5, 5.41) is 0. The first kappa shape index (κ1) is 13.9. The van der Waals surface area contributed by atoms with E-state index in [0.717, 1.165) is 24.0 Å². The minimum Gasteiger partial charge on any atom is -0.462 e. The van der Waals surface area contributed by atoms with E-state index in [9.17, 15) is 4.79 Å². The summed E-state index contributed by atoms with van der Waals surface area (Å²) in [4.78, 5) is 12.5. The van der Waals surface area contributed by atoms with Crippen molar-refractivity contribution in [2.45, 2.75) is 38.7 Å². The lowest BCUT2D eigenvalue weighted by molar-refractivity contribution is -0.145. The molecule has 108 valence electrons. The SMILES string of the molecule is Cc1ccc(C(C(=O)OC2CC2)c2ccc(C)cc2)cc1. The van der Waals surface area contributed by atoms with Gasteiger partial charge in [-0.1, -0.05) is 59.7 Å². The lowest BCUT2D eigenvalue weighted by atomic mass is 9.90. The molecule has 0 radical (unpaired) electrons. The Kier molecular flexibility index (Phi) is 3.78. The van der Waals surface area contributed by atoms with Gasteiger partial charge in [0.2, 0.25) is 0 Å². The Morgan fingerprint density at radius 1 is 0.905 bits per heavy atom. The maximum Gasteiger partial charge on any atom is 0.318 e. The summed E-state index contributed by atoms with van der Waals surface area (Å²) in [6.07, 6.45) is 2.14. The highest BCUT2D eigenvalue weighted by Crippen LogP contribution is 2.31. The molecule has 1 aliphatic rings. The average molecular weight is 280 g/mol. The second-order valence-corrected chi connectivity index (χ2v) is 5.89. The van der Waals surface area contributed by atoms with Gasteiger partial charge in [0.05, 0.1) is 0 Å². The van der Waals surface area contributed by atoms with Crippen LogP contribution in [0.5, 0.6) is 0 Å². The molecule has 2 aromatic carbocycles. The van der Waals surface area contributed by atoms with Gasteiger partial charge in [-0.05, 0) is 37.8 Å². The molecule has 3 rings (SSSR count). The van der Waals surface area contributed by atoms with Crippen molar-refractivity contribution in [2.75, 3.05) is 0 Å². The van der Waals surface area contributed by atoms with Crippen LogP contribution in [0, 0.1) is 13.8 Å². The Morgan fingerprint density at radius 2 is 1.33 bits per heavy atom. The van der Waals surface area contributed by atoms with Crippen LogP contribution in [0.1, 0.15) is 41.0 Å². The molecule has 2 nitrogen and oxygen atoms in total. The van der Waals surface area contributed by atoms with E-state index in [2.05, 4.69) is 0 Å². The molecule has 0 amide bonds. The van der Waals surface area contributed by atoms with Gasteiger partial charge in [-0.15, -0.1) is 0 Å². The highest BCUT2D eigenvalue weighted by atomic mass is 16.5. The fourth-order valence-electron chi connectivity index (χ4n) is 2.40. The Balaban J connectivity index is 1.94. The smallest absolute Gasteiger partial charge is 0.318 e. The molecule has 0 heterocycles. The second-order valence-electron chi connectivity index (χ2n) is 5.89. The zero-order valence-electron chi connectivity index (χ0n) is 12.5. The Labute approximate surface area is 125 Å². The first-order valence-electron chi connectivity index (χ1n) is 7.47. The van der Waals surface area contributed by atoms with Gasteiger partial charge in [0, 0.05) is 0 Å². The number of ether oxygens (including phenoxy) is 1. The van der Waals surface area contributed by atoms with Crippen molar-refractivity contribution in [1.82, 2.24) is 0 Å². The molecule has 0 spiro atoms. The van der Waals surface area contributed by atoms with Crippen LogP contribution in [0.25, 0.3) is 0 Å². The average Bonchev–Trinajstić information content (AvgIpc) is 3.27. The minimum absolute atomic E-state index is 0.134. The molecular formula is C19H20O2. The van der Waals surface area contributed by atoms with Crippen LogP contribution in [0.3, 0.4) is 0 Å². The van der Waals surface area contributed by atoms with E-state index in [1.807, 2.05) is 62.4 Å². The van der Waals surface area contributed by atoms with E-state index in [0.29, 0.717) is 0 Å². The van der Waals surface area contributed by atoms with Crippen molar-refractivity contribution in [3.05, 3.63) is 70.8 Å². The highest BCUT2D eigenvalue weighted by Gasteiger charge is 2.31. The molecule has 0 unspecified atom stereocenters. The maximum absolute atomic E-state index is 12.5. The Morgan fingerprint density at radius 3 is 1.71 bits per heavy atom. The monoisotopic (exact) mass is 280 g/mol. The first-order valence-corrected chi connectivity index (χ1v) is 7.47. The Hall–Kier alpha value is -2.09. The summed E-state index contributed by atoms with van der Waals surface area (Å²) in [6.45, 7) is 4.10. The molecule has 0 saturated heterocycles. The summed E-state index contributed by atoms with van der Waals surface area (Å²) in [5.41, 5.74) is 4.37. The zero-order valence-corrected chi connectivity index (χ0v) is 12.5. The van der Waals surface area contributed by atoms with Gasteiger partial charge in [-0.2, -0.15) is 0 Å². The van der Waals surface area contributed by atoms with Crippen LogP contribution >= 0.6 is 0 Å². The molecule has 0 aromatic heterocycles. The van der Waals surface area contributed by atoms with E-state index in [1.165, 1.54) is 11.1 Å². The number of carbonyl (C=O) groups is 1. The molecule has 2 heteroatoms. The van der Waals surface area contributed by atoms with E-state index in [1.54, 1.807) is 0 Å². The number of benzene rings is 2. The minimum atomic E-state index is -0.327. The summed E-state index contributed by atoms with van der Waals surface area (Å²) in [7, 11) is 0. The quantitative estimate of drug-likeness (QED) is 0.787. The van der Waals surface area contributed by atoms with Gasteiger partial charge >= 0.3 is 5.97 Å². The van der Waals surface area contributed by atoms with Crippen molar-refractivity contribution < 1.29 is 9.53 Å². The van der Waals surface area contributed by atoms with Crippen LogP contribution in [0.15, 0.2) is 48.5 Å². The molecule has 0 bridgehead atoms. The summed E-state index contributed by atoms with van der Waals surface area (Å²) in [6, 6.07) is 16.3. The van der Waals surface area contributed by atoms with E-state index in [-0.39, 0.29) is 18.0 Å². The number of carbonyl (C=O) groups excluding carboxylic acids is 1. The standard InChI is InChI=1S/C19H20O2/c1-13-3-7-15(8-4-13)18(19(20)21-17-11-12-17)16-9-5-14(2)6-10-16/h3-10,17-18H,11-12H2,1-2H3. The lowest BCUT2D eigenvalue weighted by Gasteiger charge is -2.17. The molecule has 0 atom stereocenters. The summed E-state index contributed by atoms with van der Waals surface area (Å²) in [5.74, 6) is -0.461. The lowest BCUT2D eigenvalue weighted by Crippen LogP contribution is -2.18. The summed E-state index contributed by atoms with van der Waals surface area (Å²) < 4.78 is 5.55. The molecule has 0 aliphatic heterocycles. The third-order valence-electron chi connectivity index (χ3n) is 3.86. The number of aryl methyl sites for hydroxylation is 2. The third-order valence-corrected chi connectivity index (χ3v) is 3.86. The van der Waals surface area contributed by atoms with Crippen LogP contribution in [-0.4, -0.2) is 12.1 Å². The van der Waals surface area contributed by atoms with Gasteiger partial charge in [-0.3, -0.25) is 4.79 Å². The van der Waals surface area contributed by atoms with Crippen LogP contribution in [-0.2, 0) is 9.53 Å². The second kappa shape index (κ2) is 5.72. The van der Waals surface area contributed by atoms with Crippen molar-refractivity contribution in [3.8, 4) is 0 Å². The summed E-state index contributed by atoms with van der Waals surface area (Å²) >= 11 is 0. The fraction of sp³-hybridized carbons (Fsp3) is 0.316. The van der Waals surface area contributed by atoms with E-state index >= 15 is 0 Å². The number of hydrogen-bond donors (Lipinski definition) is 0. The zero-order chi connectivity index (χ0) is 14.8. The van der Waals surface area contributed by atoms with E-state index in [4.69, 9.17) is 4.74 Å². The molecule has 21 heavy (non-hydrogen) atoms. The number of rotatable bonds is 4. The Bertz CT molecular complexity index is 576. The topological polar surface area (TPSA) is 26.3 Å². The van der Waals surface area contributed by atoms with Crippen molar-refractivity contribution in [3.63, 3.8) is 0 Å². The van der Waals surface area contributed by atoms with Crippen molar-refractivity contribution in [1.29, 1.82) is 0 Å². The molecule has 1 saturated carbocycles. The van der Waals surface area contributed by atoms with E-state index < -0.39 is 0 Å². The normalized spacial score (nSPS) is 14.2. The fourth-order valence-corrected chi connectivity index (χ4v) is 2.40. The van der Waals surface area contributed by atoms with Gasteiger partial charge < -0.3 is 4.74 Å². The third kappa shape index (κ3) is 3.33. The maximum atomic E-state index is 12.5. The molecule has 2 aromatic rings. The van der Waals surface area contributed by atoms with Crippen molar-refractivity contribution in [2.24, 2.45) is 0 Å². The molecular weight excluding hydrogens is 260 g/mol. The predicted octanol–water partition coefficient (Wildman–Crippen LogP) is 4.14. The van der Waals surface area contributed by atoms with Crippen LogP contribution in [0.2, 0.25) is 0 Å². The largest absolute Gasteiger partial charge is 0.462 e. The number of esters is 1. The first-order chi connectivity index (χ1) is 10.1. The van der Waals surface area contributed by atoms with Crippen LogP contribution in [0.4, 0.5) is 0 Å². The molecule has 0 N–H and O–H groups in total. The molecule has 1 aliphatic carbocycles. The van der Waals surface area contributed by atoms with Crippen LogP contribution < -0.4 is 0 Å². The predicted molar refractivity (Wildman–Crippen MR) is 83.3 cm³/mol. The van der Waals surface area contributed by atoms with Gasteiger partial charge in [0.1, 0.15) is 12.0 Å². The van der Waals surface area contributed by atoms with Gasteiger partial charge in [0.25, 0.3) is 0 Å². The van der Waals surface area contributed by atoms with Gasteiger partial charge in [0.15, 0.2) is 0 Å².